The molecule has 1 aromatic heterocycles. The lowest BCUT2D eigenvalue weighted by atomic mass is 10.2. The number of amides is 1. The van der Waals surface area contributed by atoms with Gasteiger partial charge >= 0.3 is 0 Å². The van der Waals surface area contributed by atoms with Gasteiger partial charge in [-0.3, -0.25) is 9.78 Å². The van der Waals surface area contributed by atoms with Crippen LogP contribution in [0.2, 0.25) is 0 Å². The maximum atomic E-state index is 11.3. The minimum absolute atomic E-state index is 0.0310. The average molecular weight is 317 g/mol. The number of carbonyl (C=O) groups is 1. The highest BCUT2D eigenvalue weighted by Gasteiger charge is 1.98. The van der Waals surface area contributed by atoms with E-state index in [1.165, 1.54) is 0 Å². The summed E-state index contributed by atoms with van der Waals surface area (Å²) in [4.78, 5) is 15.6. The molecule has 0 aliphatic rings. The SMILES string of the molecule is O=C(CCCCl)NCC#CCOc1ccc2cccnc2c1. The van der Waals surface area contributed by atoms with E-state index in [2.05, 4.69) is 22.1 Å². The number of pyridine rings is 1. The normalized spacial score (nSPS) is 9.86. The lowest BCUT2D eigenvalue weighted by Crippen LogP contribution is -2.23. The Morgan fingerprint density at radius 1 is 1.32 bits per heavy atom. The van der Waals surface area contributed by atoms with Gasteiger partial charge in [-0.25, -0.2) is 0 Å². The van der Waals surface area contributed by atoms with Gasteiger partial charge in [0.1, 0.15) is 12.4 Å². The van der Waals surface area contributed by atoms with Crippen molar-refractivity contribution in [3.8, 4) is 17.6 Å². The van der Waals surface area contributed by atoms with E-state index < -0.39 is 0 Å². The van der Waals surface area contributed by atoms with Crippen LogP contribution in [-0.2, 0) is 4.79 Å². The second-order valence-electron chi connectivity index (χ2n) is 4.57. The van der Waals surface area contributed by atoms with Gasteiger partial charge in [-0.05, 0) is 24.6 Å². The zero-order valence-corrected chi connectivity index (χ0v) is 12.9. The van der Waals surface area contributed by atoms with Gasteiger partial charge in [-0.2, -0.15) is 0 Å². The maximum absolute atomic E-state index is 11.3. The van der Waals surface area contributed by atoms with Crippen molar-refractivity contribution in [3.05, 3.63) is 36.5 Å². The summed E-state index contributed by atoms with van der Waals surface area (Å²) in [6.45, 7) is 0.597. The van der Waals surface area contributed by atoms with Gasteiger partial charge in [0.05, 0.1) is 12.1 Å². The number of fused-ring (bicyclic) bond motifs is 1. The summed E-state index contributed by atoms with van der Waals surface area (Å²) in [5.41, 5.74) is 0.888. The number of nitrogens with one attached hydrogen (secondary N) is 1. The molecule has 114 valence electrons. The van der Waals surface area contributed by atoms with E-state index in [1.54, 1.807) is 6.20 Å². The Hall–Kier alpha value is -2.25. The fourth-order valence-electron chi connectivity index (χ4n) is 1.83. The summed E-state index contributed by atoms with van der Waals surface area (Å²) in [5.74, 6) is 6.90. The Kier molecular flexibility index (Phi) is 6.53. The number of alkyl halides is 1. The lowest BCUT2D eigenvalue weighted by molar-refractivity contribution is -0.120. The summed E-state index contributed by atoms with van der Waals surface area (Å²) in [6.07, 6.45) is 2.87. The molecule has 0 aliphatic carbocycles. The van der Waals surface area contributed by atoms with Crippen LogP contribution in [0.4, 0.5) is 0 Å². The highest BCUT2D eigenvalue weighted by molar-refractivity contribution is 6.17. The molecule has 1 N–H and O–H groups in total. The first-order chi connectivity index (χ1) is 10.8. The summed E-state index contributed by atoms with van der Waals surface area (Å²) in [5, 5.41) is 3.77. The first-order valence-corrected chi connectivity index (χ1v) is 7.59. The van der Waals surface area contributed by atoms with Crippen molar-refractivity contribution >= 4 is 28.4 Å². The van der Waals surface area contributed by atoms with Gasteiger partial charge in [-0.15, -0.1) is 11.6 Å². The molecule has 0 unspecified atom stereocenters. The standard InChI is InChI=1S/C17H17ClN2O2/c18-9-3-6-17(21)20-10-1-2-12-22-15-8-7-14-5-4-11-19-16(14)13-15/h4-5,7-8,11,13H,3,6,9-10,12H2,(H,20,21). The number of halogens is 1. The highest BCUT2D eigenvalue weighted by Crippen LogP contribution is 2.18. The first kappa shape index (κ1) is 16.1. The van der Waals surface area contributed by atoms with Crippen LogP contribution in [0.25, 0.3) is 10.9 Å². The van der Waals surface area contributed by atoms with Gasteiger partial charge < -0.3 is 10.1 Å². The van der Waals surface area contributed by atoms with Crippen molar-refractivity contribution in [2.75, 3.05) is 19.0 Å². The van der Waals surface area contributed by atoms with Crippen LogP contribution in [0.15, 0.2) is 36.5 Å². The quantitative estimate of drug-likeness (QED) is 0.658. The smallest absolute Gasteiger partial charge is 0.220 e. The fraction of sp³-hybridized carbons (Fsp3) is 0.294. The molecule has 5 heteroatoms. The maximum Gasteiger partial charge on any atom is 0.220 e. The van der Waals surface area contributed by atoms with Crippen molar-refractivity contribution in [2.24, 2.45) is 0 Å². The van der Waals surface area contributed by atoms with Crippen LogP contribution in [0.3, 0.4) is 0 Å². The summed E-state index contributed by atoms with van der Waals surface area (Å²) in [7, 11) is 0. The number of carbonyl (C=O) groups excluding carboxylic acids is 1. The minimum atomic E-state index is -0.0310. The molecule has 1 amide bonds. The summed E-state index contributed by atoms with van der Waals surface area (Å²) in [6, 6.07) is 9.63. The van der Waals surface area contributed by atoms with Crippen LogP contribution < -0.4 is 10.1 Å². The Morgan fingerprint density at radius 2 is 2.23 bits per heavy atom. The first-order valence-electron chi connectivity index (χ1n) is 7.05. The monoisotopic (exact) mass is 316 g/mol. The van der Waals surface area contributed by atoms with Crippen LogP contribution in [0.1, 0.15) is 12.8 Å². The molecule has 0 bridgehead atoms. The van der Waals surface area contributed by atoms with E-state index >= 15 is 0 Å². The van der Waals surface area contributed by atoms with Crippen molar-refractivity contribution in [2.45, 2.75) is 12.8 Å². The van der Waals surface area contributed by atoms with Gasteiger partial charge in [0.25, 0.3) is 0 Å². The molecule has 2 rings (SSSR count). The second-order valence-corrected chi connectivity index (χ2v) is 4.95. The van der Waals surface area contributed by atoms with Gasteiger partial charge in [0.15, 0.2) is 0 Å². The molecular weight excluding hydrogens is 300 g/mol. The number of hydrogen-bond donors (Lipinski definition) is 1. The zero-order valence-electron chi connectivity index (χ0n) is 12.1. The van der Waals surface area contributed by atoms with Crippen LogP contribution in [0.5, 0.6) is 5.75 Å². The Labute approximate surface area is 134 Å². The van der Waals surface area contributed by atoms with E-state index in [0.717, 1.165) is 16.7 Å². The van der Waals surface area contributed by atoms with Crippen LogP contribution >= 0.6 is 11.6 Å². The number of nitrogens with zero attached hydrogens (tertiary/aromatic N) is 1. The average Bonchev–Trinajstić information content (AvgIpc) is 2.56. The number of aromatic nitrogens is 1. The predicted molar refractivity (Wildman–Crippen MR) is 88.0 cm³/mol. The Morgan fingerprint density at radius 3 is 3.09 bits per heavy atom. The van der Waals surface area contributed by atoms with Crippen LogP contribution in [0, 0.1) is 11.8 Å². The fourth-order valence-corrected chi connectivity index (χ4v) is 1.96. The summed E-state index contributed by atoms with van der Waals surface area (Å²) < 4.78 is 5.54. The molecule has 0 atom stereocenters. The summed E-state index contributed by atoms with van der Waals surface area (Å²) >= 11 is 5.51. The Balaban J connectivity index is 1.74. The molecule has 22 heavy (non-hydrogen) atoms. The molecule has 2 aromatic rings. The molecule has 0 fully saturated rings. The molecular formula is C17H17ClN2O2. The van der Waals surface area contributed by atoms with Gasteiger partial charge in [0, 0.05) is 30.0 Å². The van der Waals surface area contributed by atoms with Crippen molar-refractivity contribution < 1.29 is 9.53 Å². The highest BCUT2D eigenvalue weighted by atomic mass is 35.5. The van der Waals surface area contributed by atoms with E-state index in [1.807, 2.05) is 30.3 Å². The lowest BCUT2D eigenvalue weighted by Gasteiger charge is -2.03. The third-order valence-electron chi connectivity index (χ3n) is 2.92. The van der Waals surface area contributed by atoms with E-state index in [-0.39, 0.29) is 12.5 Å². The topological polar surface area (TPSA) is 51.2 Å². The third-order valence-corrected chi connectivity index (χ3v) is 3.19. The zero-order chi connectivity index (χ0) is 15.6. The molecule has 1 heterocycles. The molecule has 0 spiro atoms. The third kappa shape index (κ3) is 5.27. The second kappa shape index (κ2) is 8.91. The van der Waals surface area contributed by atoms with Crippen LogP contribution in [-0.4, -0.2) is 29.9 Å². The number of rotatable bonds is 6. The number of hydrogen-bond acceptors (Lipinski definition) is 3. The molecule has 4 nitrogen and oxygen atoms in total. The van der Waals surface area contributed by atoms with E-state index in [4.69, 9.17) is 16.3 Å². The van der Waals surface area contributed by atoms with Gasteiger partial charge in [-0.1, -0.05) is 17.9 Å². The molecule has 1 aromatic carbocycles. The predicted octanol–water partition coefficient (Wildman–Crippen LogP) is 2.75. The molecule has 0 radical (unpaired) electrons. The van der Waals surface area contributed by atoms with Crippen molar-refractivity contribution in [1.29, 1.82) is 0 Å². The Bertz CT molecular complexity index is 692. The van der Waals surface area contributed by atoms with Gasteiger partial charge in [0.2, 0.25) is 5.91 Å². The molecule has 0 saturated heterocycles. The van der Waals surface area contributed by atoms with Crippen molar-refractivity contribution in [3.63, 3.8) is 0 Å². The number of benzene rings is 1. The largest absolute Gasteiger partial charge is 0.481 e. The van der Waals surface area contributed by atoms with E-state index in [0.29, 0.717) is 25.3 Å². The molecule has 0 aliphatic heterocycles. The van der Waals surface area contributed by atoms with E-state index in [9.17, 15) is 4.79 Å². The van der Waals surface area contributed by atoms with Crippen molar-refractivity contribution in [1.82, 2.24) is 10.3 Å². The molecule has 0 saturated carbocycles. The number of ether oxygens (including phenoxy) is 1. The minimum Gasteiger partial charge on any atom is -0.481 e.